The van der Waals surface area contributed by atoms with Crippen LogP contribution in [0.25, 0.3) is 0 Å². The second-order valence-electron chi connectivity index (χ2n) is 8.07. The minimum Gasteiger partial charge on any atom is -0.493 e. The monoisotopic (exact) mass is 367 g/mol. The number of nitrogens with two attached hydrogens (primary N) is 1. The molecule has 1 aromatic carbocycles. The molecule has 5 heteroatoms. The summed E-state index contributed by atoms with van der Waals surface area (Å²) in [6, 6.07) is 8.58. The highest BCUT2D eigenvalue weighted by atomic mass is 16.5. The highest BCUT2D eigenvalue weighted by Gasteiger charge is 2.46. The predicted octanol–water partition coefficient (Wildman–Crippen LogP) is 3.00. The molecule has 1 aromatic heterocycles. The molecule has 2 N–H and O–H groups in total. The molecular weight excluding hydrogens is 338 g/mol. The Morgan fingerprint density at radius 1 is 1.19 bits per heavy atom. The van der Waals surface area contributed by atoms with E-state index in [-0.39, 0.29) is 17.5 Å². The molecule has 0 unspecified atom stereocenters. The molecule has 1 saturated heterocycles. The molecule has 3 heterocycles. The van der Waals surface area contributed by atoms with E-state index < -0.39 is 0 Å². The van der Waals surface area contributed by atoms with Crippen LogP contribution in [0.2, 0.25) is 0 Å². The Morgan fingerprint density at radius 3 is 2.63 bits per heavy atom. The van der Waals surface area contributed by atoms with Gasteiger partial charge in [0.25, 0.3) is 0 Å². The van der Waals surface area contributed by atoms with Crippen molar-refractivity contribution in [3.63, 3.8) is 0 Å². The van der Waals surface area contributed by atoms with Crippen LogP contribution in [-0.2, 0) is 12.0 Å². The number of aryl methyl sites for hydroxylation is 1. The van der Waals surface area contributed by atoms with Gasteiger partial charge < -0.3 is 15.2 Å². The average Bonchev–Trinajstić information content (AvgIpc) is 2.66. The van der Waals surface area contributed by atoms with Gasteiger partial charge in [-0.25, -0.2) is 0 Å². The maximum absolute atomic E-state index is 6.71. The highest BCUT2D eigenvalue weighted by Crippen LogP contribution is 2.47. The summed E-state index contributed by atoms with van der Waals surface area (Å²) in [5.41, 5.74) is 11.6. The summed E-state index contributed by atoms with van der Waals surface area (Å²) in [5, 5.41) is 0. The lowest BCUT2D eigenvalue weighted by Crippen LogP contribution is -2.59. The van der Waals surface area contributed by atoms with Crippen LogP contribution < -0.4 is 15.2 Å². The number of methoxy groups -OCH3 is 2. The average molecular weight is 367 g/mol. The van der Waals surface area contributed by atoms with Gasteiger partial charge in [0.15, 0.2) is 11.5 Å². The molecule has 4 rings (SSSR count). The van der Waals surface area contributed by atoms with Crippen LogP contribution in [0, 0.1) is 6.92 Å². The number of fused-ring (bicyclic) bond motifs is 3. The molecule has 0 bridgehead atoms. The van der Waals surface area contributed by atoms with Gasteiger partial charge in [-0.3, -0.25) is 9.88 Å². The standard InChI is InChI=1S/C22H29N3O2/c1-14-5-7-24-19(9-14)16-13-25-8-6-15-10-20(26-3)21(27-4)11-17(15)22(25,2)12-18(16)23/h5,7,9-11,16,18H,6,8,12-13,23H2,1-4H3/t16-,18-,22-/m0/s1. The largest absolute Gasteiger partial charge is 0.493 e. The van der Waals surface area contributed by atoms with Gasteiger partial charge in [-0.1, -0.05) is 0 Å². The molecule has 2 aliphatic rings. The molecular formula is C22H29N3O2. The maximum atomic E-state index is 6.71. The summed E-state index contributed by atoms with van der Waals surface area (Å²) in [6.45, 7) is 6.38. The number of nitrogens with zero attached hydrogens (tertiary/aromatic N) is 2. The summed E-state index contributed by atoms with van der Waals surface area (Å²) in [5.74, 6) is 1.85. The van der Waals surface area contributed by atoms with Crippen LogP contribution in [0.15, 0.2) is 30.5 Å². The zero-order valence-corrected chi connectivity index (χ0v) is 16.7. The number of ether oxygens (including phenoxy) is 2. The molecule has 0 aliphatic carbocycles. The first-order valence-corrected chi connectivity index (χ1v) is 9.65. The Balaban J connectivity index is 1.71. The topological polar surface area (TPSA) is 60.6 Å². The normalized spacial score (nSPS) is 27.6. The number of hydrogen-bond donors (Lipinski definition) is 1. The van der Waals surface area contributed by atoms with Crippen molar-refractivity contribution >= 4 is 0 Å². The van der Waals surface area contributed by atoms with Crippen molar-refractivity contribution in [3.8, 4) is 11.5 Å². The van der Waals surface area contributed by atoms with Gasteiger partial charge in [-0.2, -0.15) is 0 Å². The van der Waals surface area contributed by atoms with Crippen molar-refractivity contribution in [1.82, 2.24) is 9.88 Å². The molecule has 2 aromatic rings. The fourth-order valence-electron chi connectivity index (χ4n) is 4.88. The summed E-state index contributed by atoms with van der Waals surface area (Å²) < 4.78 is 11.1. The number of aromatic nitrogens is 1. The van der Waals surface area contributed by atoms with E-state index in [1.807, 2.05) is 12.3 Å². The second kappa shape index (κ2) is 6.80. The molecule has 0 radical (unpaired) electrons. The number of pyridine rings is 1. The number of hydrogen-bond acceptors (Lipinski definition) is 5. The summed E-state index contributed by atoms with van der Waals surface area (Å²) in [7, 11) is 3.39. The molecule has 0 saturated carbocycles. The van der Waals surface area contributed by atoms with E-state index in [2.05, 4.69) is 41.9 Å². The first kappa shape index (κ1) is 18.3. The molecule has 0 spiro atoms. The van der Waals surface area contributed by atoms with Crippen LogP contribution >= 0.6 is 0 Å². The summed E-state index contributed by atoms with van der Waals surface area (Å²) >= 11 is 0. The van der Waals surface area contributed by atoms with Crippen molar-refractivity contribution in [2.75, 3.05) is 27.3 Å². The zero-order valence-electron chi connectivity index (χ0n) is 16.7. The van der Waals surface area contributed by atoms with Gasteiger partial charge in [-0.05, 0) is 67.6 Å². The minimum absolute atomic E-state index is 0.0691. The van der Waals surface area contributed by atoms with Gasteiger partial charge in [0, 0.05) is 42.5 Å². The molecule has 2 aliphatic heterocycles. The Labute approximate surface area is 161 Å². The molecule has 3 atom stereocenters. The van der Waals surface area contributed by atoms with E-state index >= 15 is 0 Å². The summed E-state index contributed by atoms with van der Waals surface area (Å²) in [6.07, 6.45) is 3.80. The third-order valence-corrected chi connectivity index (χ3v) is 6.42. The van der Waals surface area contributed by atoms with Crippen LogP contribution in [0.1, 0.15) is 41.6 Å². The molecule has 1 fully saturated rings. The third kappa shape index (κ3) is 2.99. The number of piperidine rings is 1. The number of benzene rings is 1. The van der Waals surface area contributed by atoms with Crippen molar-refractivity contribution in [3.05, 3.63) is 52.8 Å². The van der Waals surface area contributed by atoms with Gasteiger partial charge in [0.05, 0.1) is 14.2 Å². The van der Waals surface area contributed by atoms with Crippen LogP contribution in [0.5, 0.6) is 11.5 Å². The SMILES string of the molecule is COc1cc2c(cc1OC)[C@]1(C)C[C@H](N)[C@@H](c3cc(C)ccn3)CN1CC2. The Morgan fingerprint density at radius 2 is 1.93 bits per heavy atom. The fraction of sp³-hybridized carbons (Fsp3) is 0.500. The fourth-order valence-corrected chi connectivity index (χ4v) is 4.88. The van der Waals surface area contributed by atoms with Crippen LogP contribution in [-0.4, -0.2) is 43.2 Å². The van der Waals surface area contributed by atoms with Crippen molar-refractivity contribution in [2.24, 2.45) is 5.73 Å². The van der Waals surface area contributed by atoms with Gasteiger partial charge in [0.1, 0.15) is 0 Å². The molecule has 27 heavy (non-hydrogen) atoms. The second-order valence-corrected chi connectivity index (χ2v) is 8.07. The van der Waals surface area contributed by atoms with E-state index in [9.17, 15) is 0 Å². The zero-order chi connectivity index (χ0) is 19.2. The Hall–Kier alpha value is -2.11. The summed E-state index contributed by atoms with van der Waals surface area (Å²) in [4.78, 5) is 7.21. The van der Waals surface area contributed by atoms with Crippen LogP contribution in [0.3, 0.4) is 0 Å². The lowest BCUT2D eigenvalue weighted by atomic mass is 9.71. The lowest BCUT2D eigenvalue weighted by molar-refractivity contribution is 0.0267. The van der Waals surface area contributed by atoms with Crippen molar-refractivity contribution < 1.29 is 9.47 Å². The van der Waals surface area contributed by atoms with Gasteiger partial charge in [-0.15, -0.1) is 0 Å². The maximum Gasteiger partial charge on any atom is 0.161 e. The van der Waals surface area contributed by atoms with E-state index in [1.165, 1.54) is 16.7 Å². The van der Waals surface area contributed by atoms with Gasteiger partial charge in [0.2, 0.25) is 0 Å². The number of rotatable bonds is 3. The third-order valence-electron chi connectivity index (χ3n) is 6.42. The Kier molecular flexibility index (Phi) is 4.60. The highest BCUT2D eigenvalue weighted by molar-refractivity contribution is 5.51. The van der Waals surface area contributed by atoms with Gasteiger partial charge >= 0.3 is 0 Å². The first-order valence-electron chi connectivity index (χ1n) is 9.65. The van der Waals surface area contributed by atoms with E-state index in [0.29, 0.717) is 0 Å². The van der Waals surface area contributed by atoms with E-state index in [1.54, 1.807) is 14.2 Å². The molecule has 5 nitrogen and oxygen atoms in total. The quantitative estimate of drug-likeness (QED) is 0.904. The van der Waals surface area contributed by atoms with Crippen LogP contribution in [0.4, 0.5) is 0 Å². The van der Waals surface area contributed by atoms with E-state index in [4.69, 9.17) is 15.2 Å². The predicted molar refractivity (Wildman–Crippen MR) is 106 cm³/mol. The molecule has 0 amide bonds. The smallest absolute Gasteiger partial charge is 0.161 e. The van der Waals surface area contributed by atoms with E-state index in [0.717, 1.165) is 43.1 Å². The minimum atomic E-state index is -0.0904. The van der Waals surface area contributed by atoms with Crippen molar-refractivity contribution in [1.29, 1.82) is 0 Å². The Bertz CT molecular complexity index is 853. The van der Waals surface area contributed by atoms with Crippen molar-refractivity contribution in [2.45, 2.75) is 44.2 Å². The first-order chi connectivity index (χ1) is 13.0. The lowest BCUT2D eigenvalue weighted by Gasteiger charge is -2.53. The molecule has 144 valence electrons.